The molecule has 0 spiro atoms. The Kier molecular flexibility index (Phi) is 3.74. The minimum absolute atomic E-state index is 0.0341. The van der Waals surface area contributed by atoms with Gasteiger partial charge in [-0.2, -0.15) is 0 Å². The number of aromatic carboxylic acids is 1. The van der Waals surface area contributed by atoms with Gasteiger partial charge in [-0.15, -0.1) is 0 Å². The van der Waals surface area contributed by atoms with Gasteiger partial charge in [0.05, 0.1) is 11.3 Å². The highest BCUT2D eigenvalue weighted by Crippen LogP contribution is 2.18. The summed E-state index contributed by atoms with van der Waals surface area (Å²) in [5.74, 6) is -3.19. The third kappa shape index (κ3) is 2.97. The smallest absolute Gasteiger partial charge is 0.337 e. The van der Waals surface area contributed by atoms with E-state index >= 15 is 0 Å². The van der Waals surface area contributed by atoms with Crippen LogP contribution in [0, 0.1) is 11.6 Å². The fourth-order valence-electron chi connectivity index (χ4n) is 1.60. The number of halogens is 2. The van der Waals surface area contributed by atoms with Crippen molar-refractivity contribution in [1.29, 1.82) is 0 Å². The number of hydrogen-bond donors (Lipinski definition) is 2. The quantitative estimate of drug-likeness (QED) is 0.906. The van der Waals surface area contributed by atoms with Crippen molar-refractivity contribution in [3.05, 3.63) is 65.2 Å². The predicted octanol–water partition coefficient (Wildman–Crippen LogP) is 2.92. The lowest BCUT2D eigenvalue weighted by molar-refractivity contribution is 0.0697. The van der Waals surface area contributed by atoms with Gasteiger partial charge in [-0.3, -0.25) is 4.79 Å². The van der Waals surface area contributed by atoms with Crippen molar-refractivity contribution in [2.24, 2.45) is 0 Å². The lowest BCUT2D eigenvalue weighted by atomic mass is 10.1. The normalized spacial score (nSPS) is 10.1. The van der Waals surface area contributed by atoms with Gasteiger partial charge in [0.1, 0.15) is 11.6 Å². The number of anilines is 1. The molecule has 0 aliphatic heterocycles. The zero-order valence-corrected chi connectivity index (χ0v) is 10.1. The van der Waals surface area contributed by atoms with Crippen molar-refractivity contribution in [2.75, 3.05) is 5.32 Å². The molecule has 0 aliphatic rings. The van der Waals surface area contributed by atoms with Crippen LogP contribution in [0.5, 0.6) is 0 Å². The van der Waals surface area contributed by atoms with Crippen LogP contribution in [0.3, 0.4) is 0 Å². The summed E-state index contributed by atoms with van der Waals surface area (Å²) in [5, 5.41) is 11.3. The predicted molar refractivity (Wildman–Crippen MR) is 67.7 cm³/mol. The molecule has 102 valence electrons. The van der Waals surface area contributed by atoms with Gasteiger partial charge in [0, 0.05) is 5.56 Å². The van der Waals surface area contributed by atoms with Crippen molar-refractivity contribution < 1.29 is 23.5 Å². The van der Waals surface area contributed by atoms with Crippen molar-refractivity contribution in [2.45, 2.75) is 0 Å². The average molecular weight is 277 g/mol. The van der Waals surface area contributed by atoms with Crippen molar-refractivity contribution in [3.63, 3.8) is 0 Å². The fraction of sp³-hybridized carbons (Fsp3) is 0. The molecule has 0 aromatic heterocycles. The van der Waals surface area contributed by atoms with Gasteiger partial charge in [-0.05, 0) is 42.5 Å². The van der Waals surface area contributed by atoms with Gasteiger partial charge in [-0.25, -0.2) is 13.6 Å². The van der Waals surface area contributed by atoms with Crippen LogP contribution in [0.1, 0.15) is 20.7 Å². The number of benzene rings is 2. The van der Waals surface area contributed by atoms with E-state index in [0.717, 1.165) is 30.3 Å². The monoisotopic (exact) mass is 277 g/mol. The van der Waals surface area contributed by atoms with Gasteiger partial charge < -0.3 is 10.4 Å². The van der Waals surface area contributed by atoms with Crippen molar-refractivity contribution in [3.8, 4) is 0 Å². The third-order valence-electron chi connectivity index (χ3n) is 2.57. The third-order valence-corrected chi connectivity index (χ3v) is 2.57. The number of nitrogens with one attached hydrogen (secondary N) is 1. The molecular weight excluding hydrogens is 268 g/mol. The van der Waals surface area contributed by atoms with Gasteiger partial charge >= 0.3 is 5.97 Å². The SMILES string of the molecule is O=C(Nc1ccc(F)cc1C(=O)O)c1ccc(F)cc1. The van der Waals surface area contributed by atoms with E-state index in [-0.39, 0.29) is 16.8 Å². The van der Waals surface area contributed by atoms with Crippen molar-refractivity contribution >= 4 is 17.6 Å². The zero-order valence-electron chi connectivity index (χ0n) is 10.1. The standard InChI is InChI=1S/C14H9F2NO3/c15-9-3-1-8(2-4-9)13(18)17-12-6-5-10(16)7-11(12)14(19)20/h1-7H,(H,17,18)(H,19,20). The maximum absolute atomic E-state index is 13.0. The molecule has 0 atom stereocenters. The summed E-state index contributed by atoms with van der Waals surface area (Å²) in [6.07, 6.45) is 0. The summed E-state index contributed by atoms with van der Waals surface area (Å²) in [4.78, 5) is 22.8. The summed E-state index contributed by atoms with van der Waals surface area (Å²) in [6, 6.07) is 7.73. The van der Waals surface area contributed by atoms with E-state index in [0.29, 0.717) is 0 Å². The Labute approximate surface area is 112 Å². The number of hydrogen-bond acceptors (Lipinski definition) is 2. The molecule has 0 heterocycles. The fourth-order valence-corrected chi connectivity index (χ4v) is 1.60. The van der Waals surface area contributed by atoms with Crippen LogP contribution in [0.25, 0.3) is 0 Å². The summed E-state index contributed by atoms with van der Waals surface area (Å²) in [7, 11) is 0. The Morgan fingerprint density at radius 2 is 1.55 bits per heavy atom. The van der Waals surface area contributed by atoms with E-state index in [9.17, 15) is 18.4 Å². The minimum Gasteiger partial charge on any atom is -0.478 e. The molecule has 0 fully saturated rings. The van der Waals surface area contributed by atoms with E-state index in [2.05, 4.69) is 5.32 Å². The molecule has 20 heavy (non-hydrogen) atoms. The van der Waals surface area contributed by atoms with Crippen LogP contribution in [0.2, 0.25) is 0 Å². The molecule has 2 N–H and O–H groups in total. The lowest BCUT2D eigenvalue weighted by Gasteiger charge is -2.08. The maximum atomic E-state index is 13.0. The second-order valence-corrected chi connectivity index (χ2v) is 3.96. The highest BCUT2D eigenvalue weighted by atomic mass is 19.1. The van der Waals surface area contributed by atoms with Crippen LogP contribution < -0.4 is 5.32 Å². The number of rotatable bonds is 3. The van der Waals surface area contributed by atoms with Gasteiger partial charge in [0.2, 0.25) is 0 Å². The Hall–Kier alpha value is -2.76. The van der Waals surface area contributed by atoms with E-state index in [1.807, 2.05) is 0 Å². The zero-order chi connectivity index (χ0) is 14.7. The van der Waals surface area contributed by atoms with E-state index in [1.54, 1.807) is 0 Å². The molecule has 2 rings (SSSR count). The van der Waals surface area contributed by atoms with E-state index in [4.69, 9.17) is 5.11 Å². The number of carbonyl (C=O) groups excluding carboxylic acids is 1. The van der Waals surface area contributed by atoms with Gasteiger partial charge in [-0.1, -0.05) is 0 Å². The molecule has 1 amide bonds. The first-order valence-corrected chi connectivity index (χ1v) is 5.57. The topological polar surface area (TPSA) is 66.4 Å². The molecule has 4 nitrogen and oxygen atoms in total. The largest absolute Gasteiger partial charge is 0.478 e. The van der Waals surface area contributed by atoms with Crippen LogP contribution in [-0.2, 0) is 0 Å². The Bertz CT molecular complexity index is 669. The first-order chi connectivity index (χ1) is 9.47. The van der Waals surface area contributed by atoms with Crippen LogP contribution in [0.15, 0.2) is 42.5 Å². The van der Waals surface area contributed by atoms with E-state index in [1.165, 1.54) is 12.1 Å². The minimum atomic E-state index is -1.36. The number of carboxylic acids is 1. The molecule has 6 heteroatoms. The molecule has 0 saturated carbocycles. The second kappa shape index (κ2) is 5.48. The Morgan fingerprint density at radius 1 is 0.950 bits per heavy atom. The second-order valence-electron chi connectivity index (χ2n) is 3.96. The summed E-state index contributed by atoms with van der Waals surface area (Å²) in [6.45, 7) is 0. The highest BCUT2D eigenvalue weighted by Gasteiger charge is 2.14. The van der Waals surface area contributed by atoms with Crippen molar-refractivity contribution in [1.82, 2.24) is 0 Å². The number of carboxylic acid groups (broad SMARTS) is 1. The van der Waals surface area contributed by atoms with Gasteiger partial charge in [0.15, 0.2) is 0 Å². The highest BCUT2D eigenvalue weighted by molar-refractivity contribution is 6.07. The molecule has 0 aliphatic carbocycles. The van der Waals surface area contributed by atoms with Crippen LogP contribution >= 0.6 is 0 Å². The van der Waals surface area contributed by atoms with Crippen LogP contribution in [-0.4, -0.2) is 17.0 Å². The molecule has 2 aromatic carbocycles. The lowest BCUT2D eigenvalue weighted by Crippen LogP contribution is -2.15. The Morgan fingerprint density at radius 3 is 2.15 bits per heavy atom. The summed E-state index contributed by atoms with van der Waals surface area (Å²) in [5.41, 5.74) is -0.235. The molecule has 0 radical (unpaired) electrons. The van der Waals surface area contributed by atoms with E-state index < -0.39 is 23.5 Å². The first kappa shape index (κ1) is 13.7. The first-order valence-electron chi connectivity index (χ1n) is 5.57. The summed E-state index contributed by atoms with van der Waals surface area (Å²) < 4.78 is 25.7. The molecule has 0 saturated heterocycles. The average Bonchev–Trinajstić information content (AvgIpc) is 2.41. The Balaban J connectivity index is 2.28. The summed E-state index contributed by atoms with van der Waals surface area (Å²) >= 11 is 0. The maximum Gasteiger partial charge on any atom is 0.337 e. The molecular formula is C14H9F2NO3. The van der Waals surface area contributed by atoms with Gasteiger partial charge in [0.25, 0.3) is 5.91 Å². The van der Waals surface area contributed by atoms with Crippen LogP contribution in [0.4, 0.5) is 14.5 Å². The molecule has 0 bridgehead atoms. The number of amides is 1. The molecule has 2 aromatic rings. The molecule has 0 unspecified atom stereocenters. The number of carbonyl (C=O) groups is 2.